The number of halogens is 1. The van der Waals surface area contributed by atoms with Gasteiger partial charge in [0.05, 0.1) is 11.7 Å². The molecule has 0 fully saturated rings. The number of carboxylic acid groups (broad SMARTS) is 1. The first-order chi connectivity index (χ1) is 16.5. The third-order valence-corrected chi connectivity index (χ3v) is 5.96. The highest BCUT2D eigenvalue weighted by Gasteiger charge is 2.29. The molecular formula is C26H30BrN3O5. The normalized spacial score (nSPS) is 12.3. The Labute approximate surface area is 213 Å². The topological polar surface area (TPSA) is 105 Å². The van der Waals surface area contributed by atoms with Crippen molar-refractivity contribution < 1.29 is 23.8 Å². The minimum atomic E-state index is -1.33. The van der Waals surface area contributed by atoms with Crippen molar-refractivity contribution in [2.45, 2.75) is 45.4 Å². The standard InChI is InChI=1S/C26H30BrN3O5/c1-16-21(29-23(34-16)18-7-6-8-19(27)13-18)14-22(24(31)30(4)5)28-15-17-9-11-20(12-10-17)35-26(2,3)25(32)33/h6-13,22,28H,14-15H2,1-5H3,(H,32,33). The maximum Gasteiger partial charge on any atom is 0.347 e. The molecular weight excluding hydrogens is 514 g/mol. The van der Waals surface area contributed by atoms with Gasteiger partial charge in [-0.2, -0.15) is 0 Å². The molecule has 3 rings (SSSR count). The lowest BCUT2D eigenvalue weighted by atomic mass is 10.1. The quantitative estimate of drug-likeness (QED) is 0.389. The van der Waals surface area contributed by atoms with Gasteiger partial charge in [0.25, 0.3) is 0 Å². The number of likely N-dealkylation sites (N-methyl/N-ethyl adjacent to an activating group) is 1. The highest BCUT2D eigenvalue weighted by Crippen LogP contribution is 2.25. The molecule has 9 heteroatoms. The highest BCUT2D eigenvalue weighted by atomic mass is 79.9. The number of aliphatic carboxylic acids is 1. The third kappa shape index (κ3) is 6.93. The lowest BCUT2D eigenvalue weighted by Crippen LogP contribution is -2.44. The fourth-order valence-corrected chi connectivity index (χ4v) is 3.77. The van der Waals surface area contributed by atoms with Gasteiger partial charge < -0.3 is 24.5 Å². The SMILES string of the molecule is Cc1oc(-c2cccc(Br)c2)nc1CC(NCc1ccc(OC(C)(C)C(=O)O)cc1)C(=O)N(C)C. The number of benzene rings is 2. The maximum absolute atomic E-state index is 12.9. The van der Waals surface area contributed by atoms with Crippen LogP contribution in [0.2, 0.25) is 0 Å². The van der Waals surface area contributed by atoms with Crippen LogP contribution in [-0.4, -0.2) is 52.6 Å². The van der Waals surface area contributed by atoms with E-state index in [0.29, 0.717) is 36.1 Å². The molecule has 1 heterocycles. The number of rotatable bonds is 10. The van der Waals surface area contributed by atoms with Crippen molar-refractivity contribution in [3.8, 4) is 17.2 Å². The van der Waals surface area contributed by atoms with Crippen LogP contribution in [0.5, 0.6) is 5.75 Å². The van der Waals surface area contributed by atoms with Crippen molar-refractivity contribution >= 4 is 27.8 Å². The first-order valence-corrected chi connectivity index (χ1v) is 11.9. The van der Waals surface area contributed by atoms with Gasteiger partial charge in [0.1, 0.15) is 11.5 Å². The van der Waals surface area contributed by atoms with Crippen molar-refractivity contribution in [2.24, 2.45) is 0 Å². The molecule has 3 aromatic rings. The molecule has 1 atom stereocenters. The number of nitrogens with one attached hydrogen (secondary N) is 1. The van der Waals surface area contributed by atoms with E-state index in [4.69, 9.17) is 9.15 Å². The molecule has 0 aliphatic carbocycles. The van der Waals surface area contributed by atoms with Crippen molar-refractivity contribution in [1.29, 1.82) is 0 Å². The third-order valence-electron chi connectivity index (χ3n) is 5.46. The number of amides is 1. The number of hydrogen-bond acceptors (Lipinski definition) is 6. The van der Waals surface area contributed by atoms with Gasteiger partial charge in [-0.25, -0.2) is 9.78 Å². The summed E-state index contributed by atoms with van der Waals surface area (Å²) in [5.74, 6) is 0.523. The lowest BCUT2D eigenvalue weighted by molar-refractivity contribution is -0.152. The van der Waals surface area contributed by atoms with Crippen molar-refractivity contribution in [2.75, 3.05) is 14.1 Å². The Morgan fingerprint density at radius 1 is 1.20 bits per heavy atom. The Bertz CT molecular complexity index is 1190. The summed E-state index contributed by atoms with van der Waals surface area (Å²) in [5.41, 5.74) is 1.17. The van der Waals surface area contributed by atoms with Crippen LogP contribution < -0.4 is 10.1 Å². The molecule has 0 radical (unpaired) electrons. The van der Waals surface area contributed by atoms with Gasteiger partial charge in [0.15, 0.2) is 5.60 Å². The minimum absolute atomic E-state index is 0.0698. The molecule has 2 N–H and O–H groups in total. The molecule has 0 saturated carbocycles. The molecule has 1 unspecified atom stereocenters. The van der Waals surface area contributed by atoms with E-state index in [1.54, 1.807) is 31.1 Å². The van der Waals surface area contributed by atoms with Gasteiger partial charge in [-0.15, -0.1) is 0 Å². The molecule has 1 aromatic heterocycles. The van der Waals surface area contributed by atoms with Crippen LogP contribution in [0.1, 0.15) is 30.9 Å². The molecule has 35 heavy (non-hydrogen) atoms. The van der Waals surface area contributed by atoms with Gasteiger partial charge >= 0.3 is 5.97 Å². The summed E-state index contributed by atoms with van der Waals surface area (Å²) >= 11 is 3.46. The number of oxazole rings is 1. The summed E-state index contributed by atoms with van der Waals surface area (Å²) in [5, 5.41) is 12.6. The highest BCUT2D eigenvalue weighted by molar-refractivity contribution is 9.10. The Morgan fingerprint density at radius 2 is 1.89 bits per heavy atom. The number of carboxylic acids is 1. The molecule has 186 valence electrons. The average Bonchev–Trinajstić information content (AvgIpc) is 3.17. The smallest absolute Gasteiger partial charge is 0.347 e. The fourth-order valence-electron chi connectivity index (χ4n) is 3.37. The van der Waals surface area contributed by atoms with Gasteiger partial charge in [0.2, 0.25) is 11.8 Å². The average molecular weight is 544 g/mol. The Kier molecular flexibility index (Phi) is 8.34. The van der Waals surface area contributed by atoms with Crippen molar-refractivity contribution in [1.82, 2.24) is 15.2 Å². The second kappa shape index (κ2) is 11.0. The predicted molar refractivity (Wildman–Crippen MR) is 136 cm³/mol. The van der Waals surface area contributed by atoms with E-state index in [0.717, 1.165) is 15.6 Å². The number of ether oxygens (including phenoxy) is 1. The molecule has 0 aliphatic rings. The Hall–Kier alpha value is -3.17. The second-order valence-corrected chi connectivity index (χ2v) is 9.88. The summed E-state index contributed by atoms with van der Waals surface area (Å²) in [6.07, 6.45) is 0.369. The maximum atomic E-state index is 12.9. The molecule has 0 aliphatic heterocycles. The Morgan fingerprint density at radius 3 is 2.49 bits per heavy atom. The van der Waals surface area contributed by atoms with Crippen molar-refractivity contribution in [3.63, 3.8) is 0 Å². The van der Waals surface area contributed by atoms with Crippen LogP contribution in [0.4, 0.5) is 0 Å². The first kappa shape index (κ1) is 26.4. The molecule has 1 amide bonds. The number of hydrogen-bond donors (Lipinski definition) is 2. The van der Waals surface area contributed by atoms with E-state index >= 15 is 0 Å². The second-order valence-electron chi connectivity index (χ2n) is 8.96. The van der Waals surface area contributed by atoms with Crippen LogP contribution in [0, 0.1) is 6.92 Å². The molecule has 0 spiro atoms. The minimum Gasteiger partial charge on any atom is -0.478 e. The number of carbonyl (C=O) groups excluding carboxylic acids is 1. The first-order valence-electron chi connectivity index (χ1n) is 11.1. The van der Waals surface area contributed by atoms with Crippen molar-refractivity contribution in [3.05, 3.63) is 70.0 Å². The van der Waals surface area contributed by atoms with Crippen LogP contribution in [0.15, 0.2) is 57.4 Å². The largest absolute Gasteiger partial charge is 0.478 e. The fraction of sp³-hybridized carbons (Fsp3) is 0.346. The van der Waals surface area contributed by atoms with Gasteiger partial charge in [-0.3, -0.25) is 4.79 Å². The zero-order chi connectivity index (χ0) is 25.8. The van der Waals surface area contributed by atoms with Gasteiger partial charge in [-0.1, -0.05) is 34.1 Å². The Balaban J connectivity index is 1.72. The monoisotopic (exact) mass is 543 g/mol. The van der Waals surface area contributed by atoms with Crippen LogP contribution >= 0.6 is 15.9 Å². The molecule has 2 aromatic carbocycles. The van der Waals surface area contributed by atoms with E-state index in [1.165, 1.54) is 13.8 Å². The number of nitrogens with zero attached hydrogens (tertiary/aromatic N) is 2. The zero-order valence-corrected chi connectivity index (χ0v) is 22.0. The lowest BCUT2D eigenvalue weighted by Gasteiger charge is -2.22. The van der Waals surface area contributed by atoms with E-state index in [9.17, 15) is 14.7 Å². The summed E-state index contributed by atoms with van der Waals surface area (Å²) in [7, 11) is 3.44. The zero-order valence-electron chi connectivity index (χ0n) is 20.5. The van der Waals surface area contributed by atoms with E-state index < -0.39 is 17.6 Å². The number of aryl methyl sites for hydroxylation is 1. The summed E-state index contributed by atoms with van der Waals surface area (Å²) in [6, 6.07) is 14.3. The summed E-state index contributed by atoms with van der Waals surface area (Å²) < 4.78 is 12.4. The summed E-state index contributed by atoms with van der Waals surface area (Å²) in [4.78, 5) is 30.4. The van der Waals surface area contributed by atoms with E-state index in [2.05, 4.69) is 26.2 Å². The van der Waals surface area contributed by atoms with Crippen LogP contribution in [0.3, 0.4) is 0 Å². The molecule has 0 bridgehead atoms. The molecule has 8 nitrogen and oxygen atoms in total. The summed E-state index contributed by atoms with van der Waals surface area (Å²) in [6.45, 7) is 5.27. The number of aromatic nitrogens is 1. The number of carbonyl (C=O) groups is 2. The van der Waals surface area contributed by atoms with Gasteiger partial charge in [0, 0.05) is 37.1 Å². The molecule has 0 saturated heterocycles. The van der Waals surface area contributed by atoms with E-state index in [1.807, 2.05) is 43.3 Å². The predicted octanol–water partition coefficient (Wildman–Crippen LogP) is 4.44. The van der Waals surface area contributed by atoms with Gasteiger partial charge in [-0.05, 0) is 56.7 Å². The van der Waals surface area contributed by atoms with Crippen LogP contribution in [0.25, 0.3) is 11.5 Å². The van der Waals surface area contributed by atoms with E-state index in [-0.39, 0.29) is 5.91 Å². The van der Waals surface area contributed by atoms with Crippen LogP contribution in [-0.2, 0) is 22.6 Å².